The van der Waals surface area contributed by atoms with E-state index in [2.05, 4.69) is 12.2 Å². The average molecular weight is 396 g/mol. The Morgan fingerprint density at radius 3 is 2.64 bits per heavy atom. The highest BCUT2D eigenvalue weighted by Gasteiger charge is 2.13. The number of amides is 1. The first-order valence-corrected chi connectivity index (χ1v) is 9.31. The Morgan fingerprint density at radius 1 is 1.21 bits per heavy atom. The molecule has 0 radical (unpaired) electrons. The maximum Gasteiger partial charge on any atom is 0.255 e. The molecule has 7 heteroatoms. The standard InChI is InChI=1S/C21H20N2O4S/c1-2-3-11-26-14-9-7-13(8-10-14)21(25)23-16-6-4-5-15-17(24)12-18(20(22)28)27-19(15)16/h4-10,12H,2-3,11H2,1H3,(H2,22,28)(H,23,25). The molecular formula is C21H20N2O4S. The van der Waals surface area contributed by atoms with Crippen molar-refractivity contribution in [1.82, 2.24) is 0 Å². The molecule has 1 heterocycles. The Hall–Kier alpha value is -3.19. The number of carbonyl (C=O) groups is 1. The number of nitrogens with one attached hydrogen (secondary N) is 1. The van der Waals surface area contributed by atoms with E-state index in [-0.39, 0.29) is 27.7 Å². The summed E-state index contributed by atoms with van der Waals surface area (Å²) in [6.07, 6.45) is 2.03. The number of unbranched alkanes of at least 4 members (excludes halogenated alkanes) is 1. The van der Waals surface area contributed by atoms with Crippen LogP contribution < -0.4 is 21.2 Å². The molecule has 144 valence electrons. The number of benzene rings is 2. The molecule has 0 aliphatic carbocycles. The zero-order valence-corrected chi connectivity index (χ0v) is 16.2. The summed E-state index contributed by atoms with van der Waals surface area (Å²) >= 11 is 4.89. The molecule has 0 aliphatic rings. The molecule has 0 unspecified atom stereocenters. The number of thiocarbonyl (C=S) groups is 1. The van der Waals surface area contributed by atoms with Crippen molar-refractivity contribution in [2.45, 2.75) is 19.8 Å². The van der Waals surface area contributed by atoms with Gasteiger partial charge in [-0.05, 0) is 42.8 Å². The first-order valence-electron chi connectivity index (χ1n) is 8.90. The van der Waals surface area contributed by atoms with Crippen LogP contribution in [0.15, 0.2) is 57.7 Å². The van der Waals surface area contributed by atoms with Crippen LogP contribution in [0.4, 0.5) is 5.69 Å². The molecule has 0 aliphatic heterocycles. The number of hydrogen-bond donors (Lipinski definition) is 2. The van der Waals surface area contributed by atoms with Gasteiger partial charge in [0.25, 0.3) is 5.91 Å². The van der Waals surface area contributed by atoms with Crippen LogP contribution >= 0.6 is 12.2 Å². The van der Waals surface area contributed by atoms with Crippen LogP contribution in [0, 0.1) is 0 Å². The lowest BCUT2D eigenvalue weighted by Crippen LogP contribution is -2.15. The highest BCUT2D eigenvalue weighted by atomic mass is 32.1. The summed E-state index contributed by atoms with van der Waals surface area (Å²) in [6.45, 7) is 2.73. The van der Waals surface area contributed by atoms with E-state index in [1.807, 2.05) is 0 Å². The lowest BCUT2D eigenvalue weighted by molar-refractivity contribution is 0.102. The van der Waals surface area contributed by atoms with E-state index in [9.17, 15) is 9.59 Å². The molecule has 0 saturated carbocycles. The van der Waals surface area contributed by atoms with E-state index in [4.69, 9.17) is 27.1 Å². The molecular weight excluding hydrogens is 376 g/mol. The minimum Gasteiger partial charge on any atom is -0.494 e. The Labute approximate surface area is 167 Å². The number of nitrogens with two attached hydrogens (primary N) is 1. The van der Waals surface area contributed by atoms with E-state index in [1.165, 1.54) is 6.07 Å². The molecule has 0 fully saturated rings. The molecule has 1 aromatic heterocycles. The monoisotopic (exact) mass is 396 g/mol. The van der Waals surface area contributed by atoms with Crippen molar-refractivity contribution in [2.75, 3.05) is 11.9 Å². The molecule has 0 saturated heterocycles. The highest BCUT2D eigenvalue weighted by Crippen LogP contribution is 2.23. The van der Waals surface area contributed by atoms with Crippen molar-refractivity contribution in [1.29, 1.82) is 0 Å². The van der Waals surface area contributed by atoms with Crippen LogP contribution in [0.3, 0.4) is 0 Å². The highest BCUT2D eigenvalue weighted by molar-refractivity contribution is 7.80. The normalized spacial score (nSPS) is 10.6. The van der Waals surface area contributed by atoms with Gasteiger partial charge in [-0.15, -0.1) is 0 Å². The smallest absolute Gasteiger partial charge is 0.255 e. The molecule has 3 N–H and O–H groups in total. The van der Waals surface area contributed by atoms with Crippen molar-refractivity contribution >= 4 is 39.8 Å². The molecule has 28 heavy (non-hydrogen) atoms. The van der Waals surface area contributed by atoms with Gasteiger partial charge in [-0.1, -0.05) is 31.6 Å². The number of ether oxygens (including phenoxy) is 1. The maximum atomic E-state index is 12.6. The van der Waals surface area contributed by atoms with E-state index < -0.39 is 0 Å². The van der Waals surface area contributed by atoms with Gasteiger partial charge in [-0.2, -0.15) is 0 Å². The second-order valence-electron chi connectivity index (χ2n) is 6.20. The molecule has 1 amide bonds. The predicted molar refractivity (Wildman–Crippen MR) is 113 cm³/mol. The maximum absolute atomic E-state index is 12.6. The minimum absolute atomic E-state index is 0.0289. The Kier molecular flexibility index (Phi) is 6.06. The zero-order chi connectivity index (χ0) is 20.1. The second-order valence-corrected chi connectivity index (χ2v) is 6.64. The van der Waals surface area contributed by atoms with Crippen LogP contribution in [0.25, 0.3) is 11.0 Å². The number of fused-ring (bicyclic) bond motifs is 1. The zero-order valence-electron chi connectivity index (χ0n) is 15.4. The molecule has 0 bridgehead atoms. The summed E-state index contributed by atoms with van der Waals surface area (Å²) < 4.78 is 11.2. The number of hydrogen-bond acceptors (Lipinski definition) is 5. The third kappa shape index (κ3) is 4.37. The summed E-state index contributed by atoms with van der Waals surface area (Å²) in [5.74, 6) is 0.473. The fourth-order valence-electron chi connectivity index (χ4n) is 2.63. The van der Waals surface area contributed by atoms with Gasteiger partial charge in [0.2, 0.25) is 0 Å². The van der Waals surface area contributed by atoms with Crippen LogP contribution in [0.5, 0.6) is 5.75 Å². The number of carbonyl (C=O) groups excluding carboxylic acids is 1. The van der Waals surface area contributed by atoms with Gasteiger partial charge in [0, 0.05) is 11.6 Å². The molecule has 0 spiro atoms. The Bertz CT molecular complexity index is 1070. The largest absolute Gasteiger partial charge is 0.494 e. The minimum atomic E-state index is -0.337. The first-order chi connectivity index (χ1) is 13.5. The van der Waals surface area contributed by atoms with Crippen LogP contribution in [-0.4, -0.2) is 17.5 Å². The Morgan fingerprint density at radius 2 is 1.96 bits per heavy atom. The van der Waals surface area contributed by atoms with Gasteiger partial charge in [0.15, 0.2) is 16.8 Å². The summed E-state index contributed by atoms with van der Waals surface area (Å²) in [4.78, 5) is 24.8. The van der Waals surface area contributed by atoms with Crippen LogP contribution in [-0.2, 0) is 0 Å². The van der Waals surface area contributed by atoms with Gasteiger partial charge in [-0.3, -0.25) is 9.59 Å². The average Bonchev–Trinajstić information content (AvgIpc) is 2.69. The number of para-hydroxylation sites is 1. The van der Waals surface area contributed by atoms with E-state index in [0.717, 1.165) is 12.8 Å². The van der Waals surface area contributed by atoms with Gasteiger partial charge in [0.1, 0.15) is 10.7 Å². The van der Waals surface area contributed by atoms with Crippen LogP contribution in [0.1, 0.15) is 35.9 Å². The van der Waals surface area contributed by atoms with Gasteiger partial charge >= 0.3 is 0 Å². The quantitative estimate of drug-likeness (QED) is 0.465. The summed E-state index contributed by atoms with van der Waals surface area (Å²) in [6, 6.07) is 13.0. The lowest BCUT2D eigenvalue weighted by atomic mass is 10.1. The molecule has 3 rings (SSSR count). The van der Waals surface area contributed by atoms with E-state index in [1.54, 1.807) is 42.5 Å². The Balaban J connectivity index is 1.85. The molecule has 6 nitrogen and oxygen atoms in total. The van der Waals surface area contributed by atoms with Gasteiger partial charge in [-0.25, -0.2) is 0 Å². The topological polar surface area (TPSA) is 94.6 Å². The third-order valence-electron chi connectivity index (χ3n) is 4.13. The number of anilines is 1. The van der Waals surface area contributed by atoms with Gasteiger partial charge in [0.05, 0.1) is 17.7 Å². The predicted octanol–water partition coefficient (Wildman–Crippen LogP) is 3.86. The second kappa shape index (κ2) is 8.67. The first kappa shape index (κ1) is 19.6. The third-order valence-corrected chi connectivity index (χ3v) is 4.33. The van der Waals surface area contributed by atoms with Crippen molar-refractivity contribution in [3.63, 3.8) is 0 Å². The van der Waals surface area contributed by atoms with Crippen molar-refractivity contribution in [3.8, 4) is 5.75 Å². The molecule has 0 atom stereocenters. The summed E-state index contributed by atoms with van der Waals surface area (Å²) in [7, 11) is 0. The summed E-state index contributed by atoms with van der Waals surface area (Å²) in [5.41, 5.74) is 6.33. The molecule has 2 aromatic carbocycles. The summed E-state index contributed by atoms with van der Waals surface area (Å²) in [5, 5.41) is 3.10. The molecule has 3 aromatic rings. The number of rotatable bonds is 7. The van der Waals surface area contributed by atoms with Gasteiger partial charge < -0.3 is 20.2 Å². The van der Waals surface area contributed by atoms with Crippen molar-refractivity contribution in [2.24, 2.45) is 5.73 Å². The van der Waals surface area contributed by atoms with Crippen LogP contribution in [0.2, 0.25) is 0 Å². The fraction of sp³-hybridized carbons (Fsp3) is 0.190. The fourth-order valence-corrected chi connectivity index (χ4v) is 2.73. The van der Waals surface area contributed by atoms with Crippen molar-refractivity contribution in [3.05, 3.63) is 70.1 Å². The SMILES string of the molecule is CCCCOc1ccc(C(=O)Nc2cccc3c(=O)cc(C(N)=S)oc23)cc1. The lowest BCUT2D eigenvalue weighted by Gasteiger charge is -2.10. The van der Waals surface area contributed by atoms with Crippen molar-refractivity contribution < 1.29 is 13.9 Å². The van der Waals surface area contributed by atoms with E-state index >= 15 is 0 Å². The van der Waals surface area contributed by atoms with E-state index in [0.29, 0.717) is 29.0 Å².